The average molecular weight is 404 g/mol. The van der Waals surface area contributed by atoms with Crippen molar-refractivity contribution in [1.29, 1.82) is 0 Å². The van der Waals surface area contributed by atoms with Gasteiger partial charge in [0.05, 0.1) is 30.7 Å². The second kappa shape index (κ2) is 8.73. The first-order valence-corrected chi connectivity index (χ1v) is 11.3. The van der Waals surface area contributed by atoms with E-state index in [9.17, 15) is 13.2 Å². The standard InChI is InChI=1S/C21H25NO5S/c1-3-28(24,25)13-5-12-27-20-11-10-17-18-14-16(21(23)26-2)9-8-15(18)6-4-7-19(17)22-20/h8-11,14H,3-7,12-13H2,1-2H3. The van der Waals surface area contributed by atoms with Crippen molar-refractivity contribution in [3.05, 3.63) is 47.2 Å². The van der Waals surface area contributed by atoms with Gasteiger partial charge in [0, 0.05) is 17.4 Å². The Morgan fingerprint density at radius 2 is 1.96 bits per heavy atom. The highest BCUT2D eigenvalue weighted by Gasteiger charge is 2.18. The van der Waals surface area contributed by atoms with E-state index in [-0.39, 0.29) is 17.5 Å². The Bertz CT molecular complexity index is 969. The molecule has 150 valence electrons. The molecule has 0 bridgehead atoms. The molecule has 2 aromatic rings. The van der Waals surface area contributed by atoms with E-state index in [1.807, 2.05) is 18.2 Å². The molecule has 0 atom stereocenters. The van der Waals surface area contributed by atoms with Gasteiger partial charge in [0.15, 0.2) is 0 Å². The van der Waals surface area contributed by atoms with Crippen LogP contribution in [0.1, 0.15) is 41.4 Å². The Balaban J connectivity index is 1.79. The van der Waals surface area contributed by atoms with Crippen molar-refractivity contribution in [3.8, 4) is 17.0 Å². The number of hydrogen-bond acceptors (Lipinski definition) is 6. The fraction of sp³-hybridized carbons (Fsp3) is 0.429. The van der Waals surface area contributed by atoms with Gasteiger partial charge in [-0.05, 0) is 55.0 Å². The third-order valence-corrected chi connectivity index (χ3v) is 6.71. The highest BCUT2D eigenvalue weighted by Crippen LogP contribution is 2.33. The molecule has 0 saturated carbocycles. The highest BCUT2D eigenvalue weighted by molar-refractivity contribution is 7.91. The smallest absolute Gasteiger partial charge is 0.337 e. The SMILES string of the molecule is CCS(=O)(=O)CCCOc1ccc2c(n1)CCCc1ccc(C(=O)OC)cc1-2. The summed E-state index contributed by atoms with van der Waals surface area (Å²) in [5.41, 5.74) is 4.64. The number of hydrogen-bond donors (Lipinski definition) is 0. The van der Waals surface area contributed by atoms with Crippen molar-refractivity contribution in [3.63, 3.8) is 0 Å². The number of ether oxygens (including phenoxy) is 2. The van der Waals surface area contributed by atoms with E-state index in [1.165, 1.54) is 12.7 Å². The predicted molar refractivity (Wildman–Crippen MR) is 107 cm³/mol. The summed E-state index contributed by atoms with van der Waals surface area (Å²) < 4.78 is 33.6. The average Bonchev–Trinajstić information content (AvgIpc) is 2.89. The molecular weight excluding hydrogens is 378 g/mol. The first kappa shape index (κ1) is 20.3. The summed E-state index contributed by atoms with van der Waals surface area (Å²) in [6.45, 7) is 1.96. The molecule has 1 aromatic heterocycles. The number of rotatable bonds is 7. The maximum atomic E-state index is 11.9. The van der Waals surface area contributed by atoms with Crippen LogP contribution in [-0.4, -0.2) is 44.6 Å². The van der Waals surface area contributed by atoms with E-state index in [0.717, 1.165) is 36.1 Å². The van der Waals surface area contributed by atoms with Gasteiger partial charge in [0.1, 0.15) is 9.84 Å². The lowest BCUT2D eigenvalue weighted by Crippen LogP contribution is -2.12. The molecule has 3 rings (SSSR count). The molecule has 0 N–H and O–H groups in total. The van der Waals surface area contributed by atoms with Crippen LogP contribution in [0.3, 0.4) is 0 Å². The molecule has 7 heteroatoms. The predicted octanol–water partition coefficient (Wildman–Crippen LogP) is 3.23. The number of aromatic nitrogens is 1. The van der Waals surface area contributed by atoms with Gasteiger partial charge in [0.25, 0.3) is 0 Å². The Morgan fingerprint density at radius 1 is 1.14 bits per heavy atom. The van der Waals surface area contributed by atoms with Crippen molar-refractivity contribution < 1.29 is 22.7 Å². The van der Waals surface area contributed by atoms with Crippen molar-refractivity contribution in [2.24, 2.45) is 0 Å². The van der Waals surface area contributed by atoms with Crippen LogP contribution in [0.2, 0.25) is 0 Å². The van der Waals surface area contributed by atoms with Crippen LogP contribution in [0.15, 0.2) is 30.3 Å². The largest absolute Gasteiger partial charge is 0.478 e. The second-order valence-electron chi connectivity index (χ2n) is 6.80. The fourth-order valence-electron chi connectivity index (χ4n) is 3.33. The van der Waals surface area contributed by atoms with Crippen LogP contribution in [0.5, 0.6) is 5.88 Å². The van der Waals surface area contributed by atoms with Crippen LogP contribution in [0, 0.1) is 0 Å². The molecule has 0 radical (unpaired) electrons. The van der Waals surface area contributed by atoms with Gasteiger partial charge < -0.3 is 9.47 Å². The maximum Gasteiger partial charge on any atom is 0.337 e. The minimum atomic E-state index is -2.98. The van der Waals surface area contributed by atoms with Gasteiger partial charge in [-0.1, -0.05) is 13.0 Å². The molecule has 1 aliphatic rings. The van der Waals surface area contributed by atoms with Gasteiger partial charge in [-0.3, -0.25) is 0 Å². The number of methoxy groups -OCH3 is 1. The molecular formula is C21H25NO5S. The number of carbonyl (C=O) groups is 1. The zero-order valence-electron chi connectivity index (χ0n) is 16.2. The molecule has 6 nitrogen and oxygen atoms in total. The minimum absolute atomic E-state index is 0.123. The van der Waals surface area contributed by atoms with Crippen LogP contribution >= 0.6 is 0 Å². The number of fused-ring (bicyclic) bond motifs is 3. The summed E-state index contributed by atoms with van der Waals surface area (Å²) in [5.74, 6) is 0.415. The van der Waals surface area contributed by atoms with Gasteiger partial charge in [-0.2, -0.15) is 0 Å². The quantitative estimate of drug-likeness (QED) is 0.521. The fourth-order valence-corrected chi connectivity index (χ4v) is 4.18. The molecule has 0 unspecified atom stereocenters. The Morgan fingerprint density at radius 3 is 2.71 bits per heavy atom. The normalized spacial score (nSPS) is 13.2. The Labute approximate surface area is 165 Å². The van der Waals surface area contributed by atoms with E-state index in [4.69, 9.17) is 9.47 Å². The van der Waals surface area contributed by atoms with Gasteiger partial charge in [-0.25, -0.2) is 18.2 Å². The maximum absolute atomic E-state index is 11.9. The summed E-state index contributed by atoms with van der Waals surface area (Å²) >= 11 is 0. The minimum Gasteiger partial charge on any atom is -0.478 e. The number of esters is 1. The number of carbonyl (C=O) groups excluding carboxylic acids is 1. The summed E-state index contributed by atoms with van der Waals surface area (Å²) in [6, 6.07) is 9.40. The molecule has 1 heterocycles. The number of nitrogens with zero attached hydrogens (tertiary/aromatic N) is 1. The first-order chi connectivity index (χ1) is 13.4. The Hall–Kier alpha value is -2.41. The molecule has 1 aromatic carbocycles. The molecule has 0 aliphatic heterocycles. The summed E-state index contributed by atoms with van der Waals surface area (Å²) in [7, 11) is -1.60. The monoisotopic (exact) mass is 403 g/mol. The molecule has 0 saturated heterocycles. The van der Waals surface area contributed by atoms with Crippen molar-refractivity contribution >= 4 is 15.8 Å². The number of pyridine rings is 1. The van der Waals surface area contributed by atoms with Crippen molar-refractivity contribution in [2.45, 2.75) is 32.6 Å². The van der Waals surface area contributed by atoms with Gasteiger partial charge >= 0.3 is 5.97 Å². The first-order valence-electron chi connectivity index (χ1n) is 9.48. The van der Waals surface area contributed by atoms with E-state index in [1.54, 1.807) is 19.1 Å². The zero-order valence-corrected chi connectivity index (χ0v) is 17.0. The third-order valence-electron chi connectivity index (χ3n) is 4.92. The van der Waals surface area contributed by atoms with E-state index >= 15 is 0 Å². The topological polar surface area (TPSA) is 82.6 Å². The Kier molecular flexibility index (Phi) is 6.34. The highest BCUT2D eigenvalue weighted by atomic mass is 32.2. The van der Waals surface area contributed by atoms with Crippen LogP contribution in [0.25, 0.3) is 11.1 Å². The molecule has 1 aliphatic carbocycles. The van der Waals surface area contributed by atoms with Crippen LogP contribution in [-0.2, 0) is 27.4 Å². The summed E-state index contributed by atoms with van der Waals surface area (Å²) in [5, 5.41) is 0. The number of aryl methyl sites for hydroxylation is 2. The zero-order chi connectivity index (χ0) is 20.1. The van der Waals surface area contributed by atoms with E-state index < -0.39 is 9.84 Å². The summed E-state index contributed by atoms with van der Waals surface area (Å²) in [6.07, 6.45) is 3.14. The lowest BCUT2D eigenvalue weighted by atomic mass is 9.96. The second-order valence-corrected chi connectivity index (χ2v) is 9.27. The number of sulfone groups is 1. The van der Waals surface area contributed by atoms with Gasteiger partial charge in [0.2, 0.25) is 5.88 Å². The van der Waals surface area contributed by atoms with E-state index in [2.05, 4.69) is 4.98 Å². The third kappa shape index (κ3) is 4.70. The lowest BCUT2D eigenvalue weighted by Gasteiger charge is -2.12. The van der Waals surface area contributed by atoms with Crippen molar-refractivity contribution in [1.82, 2.24) is 4.98 Å². The molecule has 0 spiro atoms. The van der Waals surface area contributed by atoms with Crippen molar-refractivity contribution in [2.75, 3.05) is 25.2 Å². The van der Waals surface area contributed by atoms with Gasteiger partial charge in [-0.15, -0.1) is 0 Å². The van der Waals surface area contributed by atoms with Crippen LogP contribution in [0.4, 0.5) is 0 Å². The van der Waals surface area contributed by atoms with Crippen LogP contribution < -0.4 is 4.74 Å². The lowest BCUT2D eigenvalue weighted by molar-refractivity contribution is 0.0600. The summed E-state index contributed by atoms with van der Waals surface area (Å²) in [4.78, 5) is 16.5. The van der Waals surface area contributed by atoms with E-state index in [0.29, 0.717) is 24.5 Å². The molecule has 28 heavy (non-hydrogen) atoms. The molecule has 0 fully saturated rings. The number of benzene rings is 1. The molecule has 0 amide bonds.